The van der Waals surface area contributed by atoms with Gasteiger partial charge in [0.2, 0.25) is 0 Å². The van der Waals surface area contributed by atoms with E-state index < -0.39 is 0 Å². The van der Waals surface area contributed by atoms with Gasteiger partial charge < -0.3 is 18.9 Å². The number of hydrogen-bond acceptors (Lipinski definition) is 2. The summed E-state index contributed by atoms with van der Waals surface area (Å²) in [6, 6.07) is 130. The van der Waals surface area contributed by atoms with Gasteiger partial charge in [-0.05, 0) is 162 Å². The van der Waals surface area contributed by atoms with E-state index in [1.54, 1.807) is 0 Å². The number of rotatable bonds is 10. The molecular weight excluding hydrogens is 1140 g/mol. The van der Waals surface area contributed by atoms with Crippen LogP contribution in [0, 0.1) is 0 Å². The van der Waals surface area contributed by atoms with Crippen molar-refractivity contribution >= 4 is 142 Å². The summed E-state index contributed by atoms with van der Waals surface area (Å²) in [6.07, 6.45) is 0. The summed E-state index contributed by atoms with van der Waals surface area (Å²) in [5.74, 6) is 0. The molecule has 0 fully saturated rings. The first-order valence-electron chi connectivity index (χ1n) is 32.4. The highest BCUT2D eigenvalue weighted by atomic mass is 15.2. The van der Waals surface area contributed by atoms with Crippen LogP contribution in [0.5, 0.6) is 0 Å². The molecule has 438 valence electrons. The predicted molar refractivity (Wildman–Crippen MR) is 400 cm³/mol. The Hall–Kier alpha value is -12.5. The molecule has 4 heteroatoms. The topological polar surface area (TPSA) is 16.3 Å². The van der Waals surface area contributed by atoms with Gasteiger partial charge in [0.25, 0.3) is 0 Å². The van der Waals surface area contributed by atoms with Crippen molar-refractivity contribution in [2.45, 2.75) is 0 Å². The van der Waals surface area contributed by atoms with Crippen molar-refractivity contribution in [2.24, 2.45) is 0 Å². The second kappa shape index (κ2) is 21.6. The van der Waals surface area contributed by atoms with Crippen molar-refractivity contribution in [2.75, 3.05) is 9.80 Å². The monoisotopic (exact) mass is 1190 g/mol. The zero-order valence-corrected chi connectivity index (χ0v) is 51.3. The second-order valence-corrected chi connectivity index (χ2v) is 24.6. The first kappa shape index (κ1) is 53.3. The Morgan fingerprint density at radius 2 is 0.330 bits per heavy atom. The third kappa shape index (κ3) is 8.13. The highest BCUT2D eigenvalue weighted by molar-refractivity contribution is 6.34. The van der Waals surface area contributed by atoms with Gasteiger partial charge >= 0.3 is 0 Å². The standard InChI is InChI=1S/C90H58N4/c1-3-27-59(28-4-1)91(61-51-55-63(56-52-61)93-81-47-23-19-31-65(81)66-32-20-24-48-82(66)93)89-77-43-15-11-39-73(77)87(74-40-12-16-44-78(74)89)85-69-35-7-9-37-71(69)86(72-38-10-8-36-70(72)85)88-75-41-13-17-45-79(75)90(80-46-18-14-42-76(80)88)92(60-29-5-2-6-30-60)62-53-57-64(58-54-62)94-83-49-25-21-33-67(83)68-34-22-26-50-84(68)94/h1-58H. The Morgan fingerprint density at radius 3 is 0.574 bits per heavy atom. The lowest BCUT2D eigenvalue weighted by Gasteiger charge is -2.30. The van der Waals surface area contributed by atoms with Crippen molar-refractivity contribution in [3.05, 3.63) is 352 Å². The van der Waals surface area contributed by atoms with Crippen LogP contribution in [0.4, 0.5) is 34.1 Å². The summed E-state index contributed by atoms with van der Waals surface area (Å²) in [4.78, 5) is 4.95. The molecule has 17 aromatic carbocycles. The van der Waals surface area contributed by atoms with E-state index in [0.29, 0.717) is 0 Å². The Kier molecular flexibility index (Phi) is 12.3. The van der Waals surface area contributed by atoms with E-state index in [9.17, 15) is 0 Å². The number of fused-ring (bicyclic) bond motifs is 12. The van der Waals surface area contributed by atoms with E-state index >= 15 is 0 Å². The molecule has 0 N–H and O–H groups in total. The average molecular weight is 1200 g/mol. The molecule has 19 aromatic rings. The van der Waals surface area contributed by atoms with Crippen molar-refractivity contribution in [3.63, 3.8) is 0 Å². The maximum atomic E-state index is 2.48. The Labute approximate surface area is 543 Å². The molecule has 0 saturated carbocycles. The first-order chi connectivity index (χ1) is 46.7. The molecule has 94 heavy (non-hydrogen) atoms. The van der Waals surface area contributed by atoms with Crippen LogP contribution in [0.15, 0.2) is 352 Å². The molecule has 0 saturated heterocycles. The summed E-state index contributed by atoms with van der Waals surface area (Å²) < 4.78 is 4.80. The number of aromatic nitrogens is 2. The van der Waals surface area contributed by atoms with Gasteiger partial charge in [0.1, 0.15) is 0 Å². The second-order valence-electron chi connectivity index (χ2n) is 24.6. The predicted octanol–water partition coefficient (Wildman–Crippen LogP) is 25.1. The smallest absolute Gasteiger partial charge is 0.0618 e. The average Bonchev–Trinajstić information content (AvgIpc) is 1.02. The largest absolute Gasteiger partial charge is 0.309 e. The summed E-state index contributed by atoms with van der Waals surface area (Å²) in [5.41, 5.74) is 18.5. The number of nitrogens with zero attached hydrogens (tertiary/aromatic N) is 4. The van der Waals surface area contributed by atoms with Crippen LogP contribution in [0.3, 0.4) is 0 Å². The Morgan fingerprint density at radius 1 is 0.149 bits per heavy atom. The summed E-state index contributed by atoms with van der Waals surface area (Å²) in [5, 5.41) is 19.2. The van der Waals surface area contributed by atoms with Crippen molar-refractivity contribution in [3.8, 4) is 33.6 Å². The van der Waals surface area contributed by atoms with Gasteiger partial charge in [-0.15, -0.1) is 0 Å². The Balaban J connectivity index is 0.821. The fourth-order valence-electron chi connectivity index (χ4n) is 15.8. The zero-order valence-electron chi connectivity index (χ0n) is 51.3. The number of para-hydroxylation sites is 6. The number of benzene rings is 17. The van der Waals surface area contributed by atoms with Crippen LogP contribution in [0.25, 0.3) is 142 Å². The van der Waals surface area contributed by atoms with Crippen molar-refractivity contribution < 1.29 is 0 Å². The van der Waals surface area contributed by atoms with Crippen LogP contribution in [-0.4, -0.2) is 9.13 Å². The van der Waals surface area contributed by atoms with E-state index in [1.807, 2.05) is 0 Å². The number of anilines is 6. The zero-order chi connectivity index (χ0) is 61.8. The van der Waals surface area contributed by atoms with Gasteiger partial charge in [-0.2, -0.15) is 0 Å². The van der Waals surface area contributed by atoms with E-state index in [2.05, 4.69) is 371 Å². The summed E-state index contributed by atoms with van der Waals surface area (Å²) in [6.45, 7) is 0. The van der Waals surface area contributed by atoms with Crippen LogP contribution in [0.2, 0.25) is 0 Å². The summed E-state index contributed by atoms with van der Waals surface area (Å²) >= 11 is 0. The lowest BCUT2D eigenvalue weighted by atomic mass is 9.80. The molecule has 0 bridgehead atoms. The Bertz CT molecular complexity index is 5560. The minimum absolute atomic E-state index is 1.07. The molecule has 0 aliphatic rings. The highest BCUT2D eigenvalue weighted by Crippen LogP contribution is 2.55. The molecule has 4 nitrogen and oxygen atoms in total. The van der Waals surface area contributed by atoms with Gasteiger partial charge in [-0.3, -0.25) is 0 Å². The molecule has 0 aliphatic carbocycles. The van der Waals surface area contributed by atoms with Crippen LogP contribution < -0.4 is 9.80 Å². The lowest BCUT2D eigenvalue weighted by Crippen LogP contribution is -2.12. The van der Waals surface area contributed by atoms with Crippen molar-refractivity contribution in [1.82, 2.24) is 9.13 Å². The van der Waals surface area contributed by atoms with E-state index in [4.69, 9.17) is 0 Å². The molecule has 2 heterocycles. The fourth-order valence-corrected chi connectivity index (χ4v) is 15.8. The maximum absolute atomic E-state index is 2.48. The fraction of sp³-hybridized carbons (Fsp3) is 0. The molecule has 0 radical (unpaired) electrons. The molecule has 0 spiro atoms. The molecule has 0 atom stereocenters. The maximum Gasteiger partial charge on any atom is 0.0618 e. The minimum Gasteiger partial charge on any atom is -0.309 e. The van der Waals surface area contributed by atoms with E-state index in [0.717, 1.165) is 45.5 Å². The van der Waals surface area contributed by atoms with Gasteiger partial charge in [-0.25, -0.2) is 0 Å². The van der Waals surface area contributed by atoms with Crippen molar-refractivity contribution in [1.29, 1.82) is 0 Å². The molecule has 19 rings (SSSR count). The molecular formula is C90H58N4. The van der Waals surface area contributed by atoms with Gasteiger partial charge in [-0.1, -0.05) is 255 Å². The van der Waals surface area contributed by atoms with Gasteiger partial charge in [0, 0.05) is 77.2 Å². The molecule has 2 aromatic heterocycles. The first-order valence-corrected chi connectivity index (χ1v) is 32.4. The quantitative estimate of drug-likeness (QED) is 0.127. The van der Waals surface area contributed by atoms with Gasteiger partial charge in [0.15, 0.2) is 0 Å². The summed E-state index contributed by atoms with van der Waals surface area (Å²) in [7, 11) is 0. The molecule has 0 aliphatic heterocycles. The number of hydrogen-bond donors (Lipinski definition) is 0. The van der Waals surface area contributed by atoms with Gasteiger partial charge in [0.05, 0.1) is 33.4 Å². The highest BCUT2D eigenvalue weighted by Gasteiger charge is 2.29. The lowest BCUT2D eigenvalue weighted by molar-refractivity contribution is 1.17. The molecule has 0 unspecified atom stereocenters. The van der Waals surface area contributed by atoms with E-state index in [-0.39, 0.29) is 0 Å². The third-order valence-electron chi connectivity index (χ3n) is 19.6. The van der Waals surface area contributed by atoms with Crippen LogP contribution in [-0.2, 0) is 0 Å². The molecule has 0 amide bonds. The normalized spacial score (nSPS) is 11.8. The minimum atomic E-state index is 1.07. The van der Waals surface area contributed by atoms with Crippen LogP contribution in [0.1, 0.15) is 0 Å². The third-order valence-corrected chi connectivity index (χ3v) is 19.6. The SMILES string of the molecule is c1ccc(N(c2ccc(-n3c4ccccc4c4ccccc43)cc2)c2c3ccccc3c(-c3c4ccccc4c(-c4c5ccccc5c(N(c5ccccc5)c5ccc(-n6c7ccccc7c7ccccc76)cc5)c5ccccc45)c4ccccc34)c3ccccc23)cc1. The van der Waals surface area contributed by atoms with E-state index in [1.165, 1.54) is 131 Å². The van der Waals surface area contributed by atoms with Crippen LogP contribution >= 0.6 is 0 Å².